The number of likely N-dealkylation sites (tertiary alicyclic amines) is 1. The lowest BCUT2D eigenvalue weighted by atomic mass is 9.80. The number of likely N-dealkylation sites (N-methyl/N-ethyl adjacent to an activating group) is 1. The van der Waals surface area contributed by atoms with Gasteiger partial charge in [0.25, 0.3) is 0 Å². The zero-order valence-corrected chi connectivity index (χ0v) is 12.9. The topological polar surface area (TPSA) is 15.3 Å². The molecule has 1 aliphatic heterocycles. The highest BCUT2D eigenvalue weighted by Crippen LogP contribution is 2.33. The molecule has 18 heavy (non-hydrogen) atoms. The summed E-state index contributed by atoms with van der Waals surface area (Å²) < 4.78 is 0. The van der Waals surface area contributed by atoms with Gasteiger partial charge in [-0.2, -0.15) is 0 Å². The molecule has 0 aromatic heterocycles. The summed E-state index contributed by atoms with van der Waals surface area (Å²) in [6.07, 6.45) is 7.58. The average molecular weight is 252 g/mol. The van der Waals surface area contributed by atoms with Crippen LogP contribution >= 0.6 is 0 Å². The number of hydrogen-bond donors (Lipinski definition) is 1. The third-order valence-electron chi connectivity index (χ3n) is 4.82. The van der Waals surface area contributed by atoms with Crippen molar-refractivity contribution in [3.8, 4) is 0 Å². The van der Waals surface area contributed by atoms with Crippen molar-refractivity contribution in [2.24, 2.45) is 0 Å². The number of nitrogens with one attached hydrogen (secondary N) is 1. The highest BCUT2D eigenvalue weighted by atomic mass is 15.2. The van der Waals surface area contributed by atoms with Gasteiger partial charge < -0.3 is 5.32 Å². The lowest BCUT2D eigenvalue weighted by molar-refractivity contribution is 0.0618. The van der Waals surface area contributed by atoms with Gasteiger partial charge in [0.2, 0.25) is 0 Å². The van der Waals surface area contributed by atoms with Gasteiger partial charge in [-0.15, -0.1) is 6.58 Å². The van der Waals surface area contributed by atoms with Crippen molar-refractivity contribution in [2.75, 3.05) is 20.1 Å². The molecule has 1 unspecified atom stereocenters. The predicted molar refractivity (Wildman–Crippen MR) is 81.0 cm³/mol. The van der Waals surface area contributed by atoms with Crippen molar-refractivity contribution in [1.29, 1.82) is 0 Å². The maximum Gasteiger partial charge on any atom is 0.0357 e. The Morgan fingerprint density at radius 2 is 1.83 bits per heavy atom. The molecule has 1 atom stereocenters. The fourth-order valence-corrected chi connectivity index (χ4v) is 3.65. The van der Waals surface area contributed by atoms with Crippen molar-refractivity contribution in [1.82, 2.24) is 10.2 Å². The van der Waals surface area contributed by atoms with E-state index in [4.69, 9.17) is 0 Å². The standard InChI is InChI=1S/C16H32N2/c1-6-16(7-2,18-12-8-9-13-18)15(17-5)11-10-14(3)4/h15,17H,3,6-13H2,1-2,4-5H3. The lowest BCUT2D eigenvalue weighted by Gasteiger charge is -2.47. The predicted octanol–water partition coefficient (Wildman–Crippen LogP) is 3.59. The molecule has 2 heteroatoms. The van der Waals surface area contributed by atoms with Crippen LogP contribution in [0.1, 0.15) is 59.3 Å². The first kappa shape index (κ1) is 15.7. The fourth-order valence-electron chi connectivity index (χ4n) is 3.65. The Kier molecular flexibility index (Phi) is 6.37. The second-order valence-corrected chi connectivity index (χ2v) is 5.84. The van der Waals surface area contributed by atoms with Crippen LogP contribution in [0.15, 0.2) is 12.2 Å². The van der Waals surface area contributed by atoms with E-state index >= 15 is 0 Å². The summed E-state index contributed by atoms with van der Waals surface area (Å²) in [6, 6.07) is 0.585. The maximum absolute atomic E-state index is 4.05. The summed E-state index contributed by atoms with van der Waals surface area (Å²) in [5.41, 5.74) is 1.65. The highest BCUT2D eigenvalue weighted by Gasteiger charge is 2.40. The first-order valence-electron chi connectivity index (χ1n) is 7.67. The van der Waals surface area contributed by atoms with Gasteiger partial charge in [-0.1, -0.05) is 19.4 Å². The molecule has 1 heterocycles. The molecular weight excluding hydrogens is 220 g/mol. The Bertz CT molecular complexity index is 250. The molecule has 0 spiro atoms. The number of allylic oxidation sites excluding steroid dienone is 1. The van der Waals surface area contributed by atoms with Crippen LogP contribution in [-0.4, -0.2) is 36.6 Å². The molecule has 2 nitrogen and oxygen atoms in total. The second kappa shape index (κ2) is 7.30. The van der Waals surface area contributed by atoms with Crippen LogP contribution in [0.3, 0.4) is 0 Å². The molecule has 1 aliphatic rings. The van der Waals surface area contributed by atoms with E-state index in [9.17, 15) is 0 Å². The SMILES string of the molecule is C=C(C)CCC(NC)C(CC)(CC)N1CCCC1. The zero-order chi connectivity index (χ0) is 13.6. The first-order valence-corrected chi connectivity index (χ1v) is 7.67. The average Bonchev–Trinajstić information content (AvgIpc) is 2.88. The minimum Gasteiger partial charge on any atom is -0.315 e. The minimum absolute atomic E-state index is 0.348. The van der Waals surface area contributed by atoms with Gasteiger partial charge in [-0.25, -0.2) is 0 Å². The molecule has 0 radical (unpaired) electrons. The summed E-state index contributed by atoms with van der Waals surface area (Å²) in [6.45, 7) is 13.5. The molecule has 0 amide bonds. The van der Waals surface area contributed by atoms with Crippen molar-refractivity contribution < 1.29 is 0 Å². The molecule has 106 valence electrons. The summed E-state index contributed by atoms with van der Waals surface area (Å²) in [7, 11) is 2.12. The van der Waals surface area contributed by atoms with Crippen molar-refractivity contribution in [2.45, 2.75) is 70.9 Å². The maximum atomic E-state index is 4.05. The Hall–Kier alpha value is -0.340. The molecule has 1 N–H and O–H groups in total. The van der Waals surface area contributed by atoms with Gasteiger partial charge in [-0.3, -0.25) is 4.90 Å². The summed E-state index contributed by atoms with van der Waals surface area (Å²) in [5, 5.41) is 3.59. The van der Waals surface area contributed by atoms with E-state index in [2.05, 4.69) is 44.6 Å². The van der Waals surface area contributed by atoms with Gasteiger partial charge in [-0.05, 0) is 65.6 Å². The molecule has 1 saturated heterocycles. The molecule has 0 aliphatic carbocycles. The lowest BCUT2D eigenvalue weighted by Crippen LogP contribution is -2.59. The van der Waals surface area contributed by atoms with E-state index in [1.807, 2.05) is 0 Å². The minimum atomic E-state index is 0.348. The third-order valence-corrected chi connectivity index (χ3v) is 4.82. The van der Waals surface area contributed by atoms with E-state index < -0.39 is 0 Å². The number of nitrogens with zero attached hydrogens (tertiary/aromatic N) is 1. The smallest absolute Gasteiger partial charge is 0.0357 e. The van der Waals surface area contributed by atoms with E-state index in [0.29, 0.717) is 11.6 Å². The van der Waals surface area contributed by atoms with Crippen LogP contribution < -0.4 is 5.32 Å². The van der Waals surface area contributed by atoms with Gasteiger partial charge >= 0.3 is 0 Å². The van der Waals surface area contributed by atoms with Crippen LogP contribution in [0, 0.1) is 0 Å². The summed E-state index contributed by atoms with van der Waals surface area (Å²) >= 11 is 0. The van der Waals surface area contributed by atoms with E-state index in [1.165, 1.54) is 50.8 Å². The van der Waals surface area contributed by atoms with Crippen LogP contribution in [-0.2, 0) is 0 Å². The van der Waals surface area contributed by atoms with Gasteiger partial charge in [0.15, 0.2) is 0 Å². The first-order chi connectivity index (χ1) is 8.60. The molecule has 0 aromatic carbocycles. The zero-order valence-electron chi connectivity index (χ0n) is 12.9. The van der Waals surface area contributed by atoms with Crippen LogP contribution in [0.5, 0.6) is 0 Å². The number of hydrogen-bond acceptors (Lipinski definition) is 2. The van der Waals surface area contributed by atoms with Gasteiger partial charge in [0, 0.05) is 11.6 Å². The van der Waals surface area contributed by atoms with E-state index in [1.54, 1.807) is 0 Å². The molecule has 0 saturated carbocycles. The van der Waals surface area contributed by atoms with Crippen molar-refractivity contribution in [3.63, 3.8) is 0 Å². The summed E-state index contributed by atoms with van der Waals surface area (Å²) in [4.78, 5) is 2.74. The Balaban J connectivity index is 2.81. The normalized spacial score (nSPS) is 19.1. The van der Waals surface area contributed by atoms with Crippen LogP contribution in [0.25, 0.3) is 0 Å². The second-order valence-electron chi connectivity index (χ2n) is 5.84. The Labute approximate surface area is 114 Å². The quantitative estimate of drug-likeness (QED) is 0.664. The third kappa shape index (κ3) is 3.36. The number of rotatable bonds is 8. The molecule has 0 aromatic rings. The fraction of sp³-hybridized carbons (Fsp3) is 0.875. The largest absolute Gasteiger partial charge is 0.315 e. The van der Waals surface area contributed by atoms with Crippen molar-refractivity contribution >= 4 is 0 Å². The Morgan fingerprint density at radius 1 is 1.28 bits per heavy atom. The van der Waals surface area contributed by atoms with E-state index in [-0.39, 0.29) is 0 Å². The molecule has 0 bridgehead atoms. The van der Waals surface area contributed by atoms with Crippen LogP contribution in [0.4, 0.5) is 0 Å². The van der Waals surface area contributed by atoms with Gasteiger partial charge in [0.1, 0.15) is 0 Å². The van der Waals surface area contributed by atoms with E-state index in [0.717, 1.165) is 6.42 Å². The van der Waals surface area contributed by atoms with Crippen LogP contribution in [0.2, 0.25) is 0 Å². The van der Waals surface area contributed by atoms with Crippen molar-refractivity contribution in [3.05, 3.63) is 12.2 Å². The molecule has 1 fully saturated rings. The van der Waals surface area contributed by atoms with Gasteiger partial charge in [0.05, 0.1) is 0 Å². The monoisotopic (exact) mass is 252 g/mol. The Morgan fingerprint density at radius 3 is 2.22 bits per heavy atom. The summed E-state index contributed by atoms with van der Waals surface area (Å²) in [5.74, 6) is 0. The highest BCUT2D eigenvalue weighted by molar-refractivity contribution is 5.02. The molecule has 1 rings (SSSR count). The molecular formula is C16H32N2.